The van der Waals surface area contributed by atoms with Gasteiger partial charge in [-0.25, -0.2) is 0 Å². The van der Waals surface area contributed by atoms with Gasteiger partial charge in [0.05, 0.1) is 13.2 Å². The van der Waals surface area contributed by atoms with Gasteiger partial charge in [-0.3, -0.25) is 14.5 Å². The van der Waals surface area contributed by atoms with Gasteiger partial charge in [-0.15, -0.1) is 0 Å². The van der Waals surface area contributed by atoms with Crippen LogP contribution in [0.1, 0.15) is 60.6 Å². The number of H-pyrrole nitrogens is 1. The van der Waals surface area contributed by atoms with Crippen molar-refractivity contribution in [2.45, 2.75) is 72.0 Å². The molecule has 1 amide bonds. The Morgan fingerprint density at radius 3 is 2.59 bits per heavy atom. The highest BCUT2D eigenvalue weighted by Crippen LogP contribution is 2.24. The van der Waals surface area contributed by atoms with Gasteiger partial charge >= 0.3 is 0 Å². The van der Waals surface area contributed by atoms with Gasteiger partial charge < -0.3 is 25.8 Å². The number of hydrogen-bond acceptors (Lipinski definition) is 6. The van der Waals surface area contributed by atoms with Crippen molar-refractivity contribution in [2.75, 3.05) is 26.3 Å². The SMILES string of the molecule is C/C(NC1CCCC1)=C(C=N)\C(=C/Cc1ccc(CN2CCOCC2)cc1Cl)C(=O)NCc1c(C)cc(C)[nH]c1=O. The van der Waals surface area contributed by atoms with Crippen molar-refractivity contribution in [2.24, 2.45) is 0 Å². The summed E-state index contributed by atoms with van der Waals surface area (Å²) in [5.41, 5.74) is 5.66. The number of benzene rings is 1. The Morgan fingerprint density at radius 2 is 1.93 bits per heavy atom. The fourth-order valence-corrected chi connectivity index (χ4v) is 5.90. The molecule has 9 heteroatoms. The van der Waals surface area contributed by atoms with Gasteiger partial charge in [-0.1, -0.05) is 42.7 Å². The lowest BCUT2D eigenvalue weighted by atomic mass is 9.99. The van der Waals surface area contributed by atoms with E-state index in [0.29, 0.717) is 34.2 Å². The molecular weight excluding hydrogens is 538 g/mol. The zero-order valence-electron chi connectivity index (χ0n) is 24.4. The number of nitrogens with zero attached hydrogens (tertiary/aromatic N) is 1. The first-order chi connectivity index (χ1) is 19.7. The van der Waals surface area contributed by atoms with E-state index >= 15 is 0 Å². The van der Waals surface area contributed by atoms with Crippen LogP contribution in [0.2, 0.25) is 5.02 Å². The predicted molar refractivity (Wildman–Crippen MR) is 165 cm³/mol. The van der Waals surface area contributed by atoms with Crippen molar-refractivity contribution in [1.29, 1.82) is 5.41 Å². The Kier molecular flexibility index (Phi) is 11.0. The number of allylic oxidation sites excluding steroid dienone is 2. The zero-order valence-corrected chi connectivity index (χ0v) is 25.1. The lowest BCUT2D eigenvalue weighted by molar-refractivity contribution is -0.117. The third kappa shape index (κ3) is 8.41. The maximum Gasteiger partial charge on any atom is 0.253 e. The highest BCUT2D eigenvalue weighted by molar-refractivity contribution is 6.31. The molecule has 0 spiro atoms. The number of aromatic amines is 1. The molecular formula is C32H42ClN5O3. The van der Waals surface area contributed by atoms with Crippen molar-refractivity contribution in [3.63, 3.8) is 0 Å². The number of amides is 1. The van der Waals surface area contributed by atoms with Crippen LogP contribution in [-0.2, 0) is 29.0 Å². The summed E-state index contributed by atoms with van der Waals surface area (Å²) >= 11 is 6.71. The minimum atomic E-state index is -0.337. The van der Waals surface area contributed by atoms with Gasteiger partial charge in [0.15, 0.2) is 0 Å². The zero-order chi connectivity index (χ0) is 29.4. The van der Waals surface area contributed by atoms with Gasteiger partial charge in [0.2, 0.25) is 0 Å². The molecule has 8 nitrogen and oxygen atoms in total. The Hall–Kier alpha value is -3.20. The molecule has 0 unspecified atom stereocenters. The summed E-state index contributed by atoms with van der Waals surface area (Å²) in [4.78, 5) is 31.3. The Balaban J connectivity index is 1.57. The van der Waals surface area contributed by atoms with Crippen molar-refractivity contribution < 1.29 is 9.53 Å². The fourth-order valence-electron chi connectivity index (χ4n) is 5.62. The first kappa shape index (κ1) is 30.8. The van der Waals surface area contributed by atoms with Crippen molar-refractivity contribution in [3.8, 4) is 0 Å². The second-order valence-corrected chi connectivity index (χ2v) is 11.5. The number of carbonyl (C=O) groups excluding carboxylic acids is 1. The number of aryl methyl sites for hydroxylation is 2. The summed E-state index contributed by atoms with van der Waals surface area (Å²) in [7, 11) is 0. The van der Waals surface area contributed by atoms with E-state index in [2.05, 4.69) is 26.6 Å². The summed E-state index contributed by atoms with van der Waals surface area (Å²) in [6, 6.07) is 8.32. The number of rotatable bonds is 11. The molecule has 4 N–H and O–H groups in total. The van der Waals surface area contributed by atoms with Gasteiger partial charge in [0.1, 0.15) is 0 Å². The van der Waals surface area contributed by atoms with Crippen LogP contribution < -0.4 is 16.2 Å². The third-order valence-corrected chi connectivity index (χ3v) is 8.28. The van der Waals surface area contributed by atoms with E-state index in [9.17, 15) is 9.59 Å². The predicted octanol–water partition coefficient (Wildman–Crippen LogP) is 4.72. The number of morpholine rings is 1. The molecule has 2 heterocycles. The van der Waals surface area contributed by atoms with Crippen LogP contribution in [0.25, 0.3) is 0 Å². The average molecular weight is 580 g/mol. The van der Waals surface area contributed by atoms with Crippen LogP contribution in [0, 0.1) is 19.3 Å². The molecule has 1 aliphatic heterocycles. The smallest absolute Gasteiger partial charge is 0.253 e. The first-order valence-corrected chi connectivity index (χ1v) is 14.9. The molecule has 1 saturated carbocycles. The van der Waals surface area contributed by atoms with Crippen LogP contribution in [-0.4, -0.2) is 54.4 Å². The number of hydrogen-bond donors (Lipinski definition) is 4. The maximum atomic E-state index is 13.6. The molecule has 0 bridgehead atoms. The molecule has 2 fully saturated rings. The quantitative estimate of drug-likeness (QED) is 0.175. The molecule has 1 aliphatic carbocycles. The first-order valence-electron chi connectivity index (χ1n) is 14.5. The minimum Gasteiger partial charge on any atom is -0.385 e. The van der Waals surface area contributed by atoms with E-state index in [1.165, 1.54) is 19.1 Å². The number of carbonyl (C=O) groups is 1. The van der Waals surface area contributed by atoms with Gasteiger partial charge in [-0.2, -0.15) is 0 Å². The largest absolute Gasteiger partial charge is 0.385 e. The molecule has 41 heavy (non-hydrogen) atoms. The standard InChI is InChI=1S/C32H42ClN5O3/c1-21-16-22(2)36-32(40)29(21)19-35-31(39)27(28(18-34)23(3)37-26-6-4-5-7-26)11-10-25-9-8-24(17-30(25)33)20-38-12-14-41-15-13-38/h8-9,11,16-18,26,34,37H,4-7,10,12-15,19-20H2,1-3H3,(H,35,39)(H,36,40)/b27-11+,28-23+,34-18?. The summed E-state index contributed by atoms with van der Waals surface area (Å²) in [6.07, 6.45) is 8.02. The van der Waals surface area contributed by atoms with Crippen LogP contribution in [0.3, 0.4) is 0 Å². The molecule has 0 atom stereocenters. The van der Waals surface area contributed by atoms with Crippen molar-refractivity contribution in [1.82, 2.24) is 20.5 Å². The van der Waals surface area contributed by atoms with E-state index in [1.807, 2.05) is 45.0 Å². The topological polar surface area (TPSA) is 110 Å². The van der Waals surface area contributed by atoms with Crippen molar-refractivity contribution in [3.05, 3.63) is 90.5 Å². The highest BCUT2D eigenvalue weighted by atomic mass is 35.5. The summed E-state index contributed by atoms with van der Waals surface area (Å²) in [5.74, 6) is -0.337. The van der Waals surface area contributed by atoms with Crippen molar-refractivity contribution >= 4 is 23.7 Å². The van der Waals surface area contributed by atoms with Crippen LogP contribution in [0.4, 0.5) is 0 Å². The number of pyridine rings is 1. The lowest BCUT2D eigenvalue weighted by Gasteiger charge is -2.26. The number of halogens is 1. The lowest BCUT2D eigenvalue weighted by Crippen LogP contribution is -2.35. The molecule has 1 aromatic heterocycles. The fraction of sp³-hybridized carbons (Fsp3) is 0.469. The summed E-state index contributed by atoms with van der Waals surface area (Å²) < 4.78 is 5.45. The third-order valence-electron chi connectivity index (χ3n) is 7.93. The summed E-state index contributed by atoms with van der Waals surface area (Å²) in [5, 5.41) is 15.3. The van der Waals surface area contributed by atoms with E-state index < -0.39 is 0 Å². The van der Waals surface area contributed by atoms with Crippen LogP contribution in [0.5, 0.6) is 0 Å². The normalized spacial score (nSPS) is 17.3. The molecule has 1 saturated heterocycles. The number of nitrogens with one attached hydrogen (secondary N) is 4. The van der Waals surface area contributed by atoms with Gasteiger partial charge in [0.25, 0.3) is 11.5 Å². The highest BCUT2D eigenvalue weighted by Gasteiger charge is 2.20. The monoisotopic (exact) mass is 579 g/mol. The minimum absolute atomic E-state index is 0.0923. The molecule has 0 radical (unpaired) electrons. The van der Waals surface area contributed by atoms with Gasteiger partial charge in [-0.05, 0) is 68.9 Å². The van der Waals surface area contributed by atoms with E-state index in [-0.39, 0.29) is 18.0 Å². The summed E-state index contributed by atoms with van der Waals surface area (Å²) in [6.45, 7) is 9.83. The molecule has 2 aliphatic rings. The molecule has 2 aromatic rings. The van der Waals surface area contributed by atoms with Gasteiger partial charge in [0, 0.05) is 71.6 Å². The Morgan fingerprint density at radius 1 is 1.20 bits per heavy atom. The molecule has 220 valence electrons. The molecule has 4 rings (SSSR count). The Labute approximate surface area is 247 Å². The van der Waals surface area contributed by atoms with E-state index in [1.54, 1.807) is 0 Å². The molecule has 1 aromatic carbocycles. The number of ether oxygens (including phenoxy) is 1. The maximum absolute atomic E-state index is 13.6. The number of aromatic nitrogens is 1. The second-order valence-electron chi connectivity index (χ2n) is 11.1. The Bertz CT molecular complexity index is 1370. The van der Waals surface area contributed by atoms with Crippen LogP contribution >= 0.6 is 11.6 Å². The average Bonchev–Trinajstić information content (AvgIpc) is 3.44. The second kappa shape index (κ2) is 14.6. The van der Waals surface area contributed by atoms with E-state index in [4.69, 9.17) is 21.7 Å². The van der Waals surface area contributed by atoms with E-state index in [0.717, 1.165) is 73.8 Å². The van der Waals surface area contributed by atoms with Crippen LogP contribution in [0.15, 0.2) is 52.0 Å².